The van der Waals surface area contributed by atoms with Gasteiger partial charge in [-0.3, -0.25) is 4.79 Å². The Hall–Kier alpha value is -1.73. The van der Waals surface area contributed by atoms with Gasteiger partial charge in [-0.05, 0) is 24.3 Å². The number of aliphatic hydroxyl groups excluding tert-OH is 1. The second-order valence-corrected chi connectivity index (χ2v) is 5.09. The van der Waals surface area contributed by atoms with Gasteiger partial charge >= 0.3 is 6.18 Å². The van der Waals surface area contributed by atoms with Crippen molar-refractivity contribution in [1.29, 1.82) is 0 Å². The summed E-state index contributed by atoms with van der Waals surface area (Å²) < 4.78 is 36.8. The van der Waals surface area contributed by atoms with Gasteiger partial charge in [0.05, 0.1) is 6.54 Å². The maximum Gasteiger partial charge on any atom is 0.416 e. The van der Waals surface area contributed by atoms with Crippen LogP contribution < -0.4 is 0 Å². The third-order valence-corrected chi connectivity index (χ3v) is 3.22. The van der Waals surface area contributed by atoms with Crippen molar-refractivity contribution in [2.75, 3.05) is 13.6 Å². The summed E-state index contributed by atoms with van der Waals surface area (Å²) in [6, 6.07) is 6.43. The molecule has 8 heteroatoms. The van der Waals surface area contributed by atoms with E-state index in [1.165, 1.54) is 13.1 Å². The lowest BCUT2D eigenvalue weighted by Crippen LogP contribution is -2.41. The molecule has 0 bridgehead atoms. The number of benzene rings is 1. The van der Waals surface area contributed by atoms with Crippen molar-refractivity contribution in [1.82, 2.24) is 9.88 Å². The molecule has 0 aliphatic carbocycles. The van der Waals surface area contributed by atoms with Crippen LogP contribution in [0.15, 0.2) is 24.3 Å². The smallest absolute Gasteiger partial charge is 0.382 e. The highest BCUT2D eigenvalue weighted by Gasteiger charge is 2.39. The highest BCUT2D eigenvalue weighted by Crippen LogP contribution is 2.22. The van der Waals surface area contributed by atoms with Gasteiger partial charge in [-0.15, -0.1) is 0 Å². The average Bonchev–Trinajstić information content (AvgIpc) is 2.79. The summed E-state index contributed by atoms with van der Waals surface area (Å²) in [5.41, 5.74) is 0.775. The highest BCUT2D eigenvalue weighted by molar-refractivity contribution is 6.31. The number of carbonyl (C=O) groups is 1. The first-order valence-corrected chi connectivity index (χ1v) is 6.35. The highest BCUT2D eigenvalue weighted by atomic mass is 35.5. The van der Waals surface area contributed by atoms with E-state index in [1.807, 2.05) is 0 Å². The van der Waals surface area contributed by atoms with E-state index in [0.29, 0.717) is 15.9 Å². The van der Waals surface area contributed by atoms with Crippen LogP contribution in [-0.4, -0.2) is 46.8 Å². The summed E-state index contributed by atoms with van der Waals surface area (Å²) in [6.07, 6.45) is -7.34. The molecule has 1 aromatic carbocycles. The molecule has 1 unspecified atom stereocenters. The zero-order valence-electron chi connectivity index (χ0n) is 10.9. The number of alkyl halides is 3. The van der Waals surface area contributed by atoms with Crippen LogP contribution in [0.1, 0.15) is 10.5 Å². The first-order chi connectivity index (χ1) is 9.68. The Bertz CT molecular complexity index is 669. The molecule has 1 heterocycles. The predicted molar refractivity (Wildman–Crippen MR) is 72.3 cm³/mol. The van der Waals surface area contributed by atoms with Gasteiger partial charge in [0.15, 0.2) is 6.10 Å². The van der Waals surface area contributed by atoms with Gasteiger partial charge in [0.25, 0.3) is 5.91 Å². The van der Waals surface area contributed by atoms with Crippen LogP contribution in [0.5, 0.6) is 0 Å². The number of carbonyl (C=O) groups excluding carboxylic acids is 1. The van der Waals surface area contributed by atoms with E-state index in [2.05, 4.69) is 4.98 Å². The molecule has 1 atom stereocenters. The number of nitrogens with zero attached hydrogens (tertiary/aromatic N) is 1. The predicted octanol–water partition coefficient (Wildman–Crippen LogP) is 2.82. The monoisotopic (exact) mass is 320 g/mol. The average molecular weight is 321 g/mol. The minimum Gasteiger partial charge on any atom is -0.382 e. The van der Waals surface area contributed by atoms with Gasteiger partial charge in [0.2, 0.25) is 0 Å². The fourth-order valence-corrected chi connectivity index (χ4v) is 2.05. The van der Waals surface area contributed by atoms with Crippen molar-refractivity contribution in [3.8, 4) is 0 Å². The second kappa shape index (κ2) is 5.57. The number of hydrogen-bond donors (Lipinski definition) is 2. The van der Waals surface area contributed by atoms with Gasteiger partial charge in [-0.2, -0.15) is 13.2 Å². The fraction of sp³-hybridized carbons (Fsp3) is 0.308. The SMILES string of the molecule is CN(CC(O)C(F)(F)F)C(=O)c1cc2cc(Cl)ccc2[nH]1. The topological polar surface area (TPSA) is 56.3 Å². The Balaban J connectivity index is 2.17. The van der Waals surface area contributed by atoms with Gasteiger partial charge in [-0.1, -0.05) is 11.6 Å². The van der Waals surface area contributed by atoms with Crippen LogP contribution in [0.3, 0.4) is 0 Å². The molecule has 2 aromatic rings. The Kier molecular flexibility index (Phi) is 4.15. The molecule has 4 nitrogen and oxygen atoms in total. The third-order valence-electron chi connectivity index (χ3n) is 2.98. The maximum absolute atomic E-state index is 12.3. The van der Waals surface area contributed by atoms with E-state index in [1.54, 1.807) is 18.2 Å². The normalized spacial score (nSPS) is 13.4. The van der Waals surface area contributed by atoms with Gasteiger partial charge < -0.3 is 15.0 Å². The van der Waals surface area contributed by atoms with Crippen LogP contribution in [0, 0.1) is 0 Å². The van der Waals surface area contributed by atoms with Crippen molar-refractivity contribution < 1.29 is 23.1 Å². The number of nitrogens with one attached hydrogen (secondary N) is 1. The lowest BCUT2D eigenvalue weighted by molar-refractivity contribution is -0.205. The number of aromatic nitrogens is 1. The van der Waals surface area contributed by atoms with Crippen molar-refractivity contribution in [2.45, 2.75) is 12.3 Å². The zero-order valence-corrected chi connectivity index (χ0v) is 11.7. The molecule has 0 radical (unpaired) electrons. The van der Waals surface area contributed by atoms with E-state index in [4.69, 9.17) is 16.7 Å². The molecule has 0 fully saturated rings. The largest absolute Gasteiger partial charge is 0.416 e. The molecule has 2 N–H and O–H groups in total. The maximum atomic E-state index is 12.3. The number of likely N-dealkylation sites (N-methyl/N-ethyl adjacent to an activating group) is 1. The molecule has 0 aliphatic heterocycles. The van der Waals surface area contributed by atoms with Gasteiger partial charge in [0.1, 0.15) is 5.69 Å². The van der Waals surface area contributed by atoms with Crippen LogP contribution in [0.4, 0.5) is 13.2 Å². The minimum absolute atomic E-state index is 0.129. The molecular formula is C13H12ClF3N2O2. The lowest BCUT2D eigenvalue weighted by Gasteiger charge is -2.21. The van der Waals surface area contributed by atoms with Crippen molar-refractivity contribution >= 4 is 28.4 Å². The molecule has 21 heavy (non-hydrogen) atoms. The number of H-pyrrole nitrogens is 1. The Labute approximate surface area is 123 Å². The molecule has 1 aromatic heterocycles. The number of rotatable bonds is 3. The first-order valence-electron chi connectivity index (χ1n) is 5.97. The molecule has 1 amide bonds. The number of aromatic amines is 1. The standard InChI is InChI=1S/C13H12ClF3N2O2/c1-19(6-11(20)13(15,16)17)12(21)10-5-7-4-8(14)2-3-9(7)18-10/h2-5,11,18,20H,6H2,1H3. The molecular weight excluding hydrogens is 309 g/mol. The fourth-order valence-electron chi connectivity index (χ4n) is 1.87. The third kappa shape index (κ3) is 3.48. The molecule has 0 saturated heterocycles. The summed E-state index contributed by atoms with van der Waals surface area (Å²) in [5.74, 6) is -0.648. The zero-order chi connectivity index (χ0) is 15.8. The number of aliphatic hydroxyl groups is 1. The van der Waals surface area contributed by atoms with Crippen molar-refractivity contribution in [2.24, 2.45) is 0 Å². The first kappa shape index (κ1) is 15.7. The van der Waals surface area contributed by atoms with Crippen molar-refractivity contribution in [3.05, 3.63) is 35.0 Å². The number of fused-ring (bicyclic) bond motifs is 1. The second-order valence-electron chi connectivity index (χ2n) is 4.66. The van der Waals surface area contributed by atoms with E-state index < -0.39 is 24.7 Å². The van der Waals surface area contributed by atoms with Crippen LogP contribution in [0.25, 0.3) is 10.9 Å². The Morgan fingerprint density at radius 3 is 2.71 bits per heavy atom. The Morgan fingerprint density at radius 1 is 1.43 bits per heavy atom. The molecule has 2 rings (SSSR count). The van der Waals surface area contributed by atoms with Crippen molar-refractivity contribution in [3.63, 3.8) is 0 Å². The van der Waals surface area contributed by atoms with Crippen LogP contribution in [0.2, 0.25) is 5.02 Å². The number of halogens is 4. The van der Waals surface area contributed by atoms with Gasteiger partial charge in [-0.25, -0.2) is 0 Å². The van der Waals surface area contributed by atoms with E-state index in [9.17, 15) is 18.0 Å². The van der Waals surface area contributed by atoms with Gasteiger partial charge in [0, 0.05) is 23.0 Å². The summed E-state index contributed by atoms with van der Waals surface area (Å²) in [6.45, 7) is -0.835. The van der Waals surface area contributed by atoms with E-state index >= 15 is 0 Å². The number of amides is 1. The van der Waals surface area contributed by atoms with E-state index in [-0.39, 0.29) is 5.69 Å². The minimum atomic E-state index is -4.76. The molecule has 0 spiro atoms. The number of hydrogen-bond acceptors (Lipinski definition) is 2. The lowest BCUT2D eigenvalue weighted by atomic mass is 10.2. The van der Waals surface area contributed by atoms with Crippen LogP contribution in [-0.2, 0) is 0 Å². The molecule has 114 valence electrons. The Morgan fingerprint density at radius 2 is 2.10 bits per heavy atom. The quantitative estimate of drug-likeness (QED) is 0.913. The molecule has 0 aliphatic rings. The van der Waals surface area contributed by atoms with E-state index in [0.717, 1.165) is 4.90 Å². The molecule has 0 saturated carbocycles. The summed E-state index contributed by atoms with van der Waals surface area (Å²) in [4.78, 5) is 15.7. The van der Waals surface area contributed by atoms with Crippen LogP contribution >= 0.6 is 11.6 Å². The summed E-state index contributed by atoms with van der Waals surface area (Å²) in [5, 5.41) is 10.1. The summed E-state index contributed by atoms with van der Waals surface area (Å²) in [7, 11) is 1.19. The summed E-state index contributed by atoms with van der Waals surface area (Å²) >= 11 is 5.82.